The number of nitrogens with zero attached hydrogens (tertiary/aromatic N) is 2. The molecule has 2 amide bonds. The van der Waals surface area contributed by atoms with Crippen molar-refractivity contribution >= 4 is 39.1 Å². The van der Waals surface area contributed by atoms with E-state index in [-0.39, 0.29) is 18.5 Å². The molecule has 0 bridgehead atoms. The minimum Gasteiger partial charge on any atom is -0.489 e. The molecule has 41 heavy (non-hydrogen) atoms. The Balaban J connectivity index is 1.85. The van der Waals surface area contributed by atoms with Gasteiger partial charge in [0.1, 0.15) is 24.9 Å². The molecule has 0 saturated carbocycles. The summed E-state index contributed by atoms with van der Waals surface area (Å²) in [4.78, 5) is 28.5. The van der Waals surface area contributed by atoms with E-state index in [1.165, 1.54) is 4.90 Å². The van der Waals surface area contributed by atoms with Crippen molar-refractivity contribution in [1.29, 1.82) is 0 Å². The lowest BCUT2D eigenvalue weighted by Gasteiger charge is -2.33. The van der Waals surface area contributed by atoms with Crippen LogP contribution in [-0.2, 0) is 32.8 Å². The first kappa shape index (κ1) is 32.0. The van der Waals surface area contributed by atoms with E-state index in [1.54, 1.807) is 48.5 Å². The Hall–Kier alpha value is -3.56. The lowest BCUT2D eigenvalue weighted by atomic mass is 10.1. The van der Waals surface area contributed by atoms with Gasteiger partial charge in [-0.15, -0.1) is 0 Å². The smallest absolute Gasteiger partial charge is 0.244 e. The average Bonchev–Trinajstić information content (AvgIpc) is 2.95. The molecule has 0 heterocycles. The van der Waals surface area contributed by atoms with E-state index in [2.05, 4.69) is 5.32 Å². The number of hydrogen-bond acceptors (Lipinski definition) is 5. The highest BCUT2D eigenvalue weighted by atomic mass is 35.5. The fraction of sp³-hybridized carbons (Fsp3) is 0.355. The molecule has 2 atom stereocenters. The van der Waals surface area contributed by atoms with Gasteiger partial charge in [0.15, 0.2) is 0 Å². The number of amides is 2. The third-order valence-corrected chi connectivity index (χ3v) is 8.10. The summed E-state index contributed by atoms with van der Waals surface area (Å²) in [6.45, 7) is 5.70. The molecule has 1 N–H and O–H groups in total. The quantitative estimate of drug-likeness (QED) is 0.267. The number of nitrogens with one attached hydrogen (secondary N) is 1. The van der Waals surface area contributed by atoms with Crippen molar-refractivity contribution in [3.63, 3.8) is 0 Å². The van der Waals surface area contributed by atoms with E-state index in [4.69, 9.17) is 16.3 Å². The summed E-state index contributed by atoms with van der Waals surface area (Å²) in [6, 6.07) is 22.4. The monoisotopic (exact) mass is 599 g/mol. The van der Waals surface area contributed by atoms with Crippen molar-refractivity contribution in [2.24, 2.45) is 0 Å². The maximum atomic E-state index is 13.8. The molecule has 3 rings (SSSR count). The summed E-state index contributed by atoms with van der Waals surface area (Å²) in [5.74, 6) is -0.217. The zero-order chi connectivity index (χ0) is 30.0. The van der Waals surface area contributed by atoms with Gasteiger partial charge in [-0.05, 0) is 67.3 Å². The van der Waals surface area contributed by atoms with E-state index in [0.717, 1.165) is 28.1 Å². The van der Waals surface area contributed by atoms with Crippen molar-refractivity contribution < 1.29 is 22.7 Å². The highest BCUT2D eigenvalue weighted by molar-refractivity contribution is 7.92. The number of hydrogen-bond donors (Lipinski definition) is 1. The molecule has 220 valence electrons. The van der Waals surface area contributed by atoms with Gasteiger partial charge in [0.2, 0.25) is 21.8 Å². The molecule has 3 aromatic rings. The fourth-order valence-corrected chi connectivity index (χ4v) is 5.19. The molecule has 0 saturated heterocycles. The Labute approximate surface area is 248 Å². The summed E-state index contributed by atoms with van der Waals surface area (Å²) in [5, 5.41) is 3.51. The van der Waals surface area contributed by atoms with Crippen LogP contribution < -0.4 is 14.4 Å². The highest BCUT2D eigenvalue weighted by Gasteiger charge is 2.32. The van der Waals surface area contributed by atoms with Crippen LogP contribution in [0, 0.1) is 0 Å². The SMILES string of the molecule is CC[C@@H](C)NC(=O)[C@@H](CC)N(Cc1ccc(Cl)cc1)C(=O)CN(c1ccc(OCc2ccccc2)cc1)S(C)(=O)=O. The predicted octanol–water partition coefficient (Wildman–Crippen LogP) is 5.41. The third-order valence-electron chi connectivity index (χ3n) is 6.71. The Morgan fingerprint density at radius 1 is 0.902 bits per heavy atom. The van der Waals surface area contributed by atoms with Gasteiger partial charge in [-0.25, -0.2) is 8.42 Å². The van der Waals surface area contributed by atoms with Crippen LogP contribution in [0.4, 0.5) is 5.69 Å². The Morgan fingerprint density at radius 3 is 2.10 bits per heavy atom. The molecule has 0 unspecified atom stereocenters. The van der Waals surface area contributed by atoms with Gasteiger partial charge in [0, 0.05) is 17.6 Å². The van der Waals surface area contributed by atoms with Crippen molar-refractivity contribution in [3.05, 3.63) is 95.0 Å². The van der Waals surface area contributed by atoms with Crippen molar-refractivity contribution in [1.82, 2.24) is 10.2 Å². The molecule has 0 spiro atoms. The molecule has 0 aliphatic heterocycles. The van der Waals surface area contributed by atoms with E-state index >= 15 is 0 Å². The lowest BCUT2D eigenvalue weighted by Crippen LogP contribution is -2.53. The summed E-state index contributed by atoms with van der Waals surface area (Å²) in [6.07, 6.45) is 2.14. The van der Waals surface area contributed by atoms with E-state index in [0.29, 0.717) is 29.5 Å². The molecule has 3 aromatic carbocycles. The van der Waals surface area contributed by atoms with Crippen LogP contribution in [0.1, 0.15) is 44.7 Å². The van der Waals surface area contributed by atoms with Gasteiger partial charge in [-0.2, -0.15) is 0 Å². The van der Waals surface area contributed by atoms with Gasteiger partial charge >= 0.3 is 0 Å². The van der Waals surface area contributed by atoms with Gasteiger partial charge in [-0.1, -0.05) is 67.9 Å². The number of sulfonamides is 1. The van der Waals surface area contributed by atoms with Gasteiger partial charge in [0.05, 0.1) is 11.9 Å². The third kappa shape index (κ3) is 9.50. The van der Waals surface area contributed by atoms with Crippen LogP contribution >= 0.6 is 11.6 Å². The van der Waals surface area contributed by atoms with Crippen LogP contribution in [0.5, 0.6) is 5.75 Å². The molecule has 8 nitrogen and oxygen atoms in total. The minimum atomic E-state index is -3.84. The molecular formula is C31H38ClN3O5S. The fourth-order valence-electron chi connectivity index (χ4n) is 4.21. The van der Waals surface area contributed by atoms with Gasteiger partial charge < -0.3 is 15.0 Å². The summed E-state index contributed by atoms with van der Waals surface area (Å²) < 4.78 is 32.6. The Kier molecular flexibility index (Phi) is 11.6. The summed E-state index contributed by atoms with van der Waals surface area (Å²) in [5.41, 5.74) is 2.09. The molecule has 10 heteroatoms. The number of anilines is 1. The van der Waals surface area contributed by atoms with Crippen LogP contribution in [0.3, 0.4) is 0 Å². The second-order valence-electron chi connectivity index (χ2n) is 9.93. The molecule has 0 radical (unpaired) electrons. The second kappa shape index (κ2) is 14.9. The van der Waals surface area contributed by atoms with Crippen LogP contribution in [-0.4, -0.2) is 50.0 Å². The van der Waals surface area contributed by atoms with Crippen LogP contribution in [0.25, 0.3) is 0 Å². The highest BCUT2D eigenvalue weighted by Crippen LogP contribution is 2.24. The van der Waals surface area contributed by atoms with Crippen LogP contribution in [0.2, 0.25) is 5.02 Å². The zero-order valence-corrected chi connectivity index (χ0v) is 25.5. The second-order valence-corrected chi connectivity index (χ2v) is 12.3. The number of carbonyl (C=O) groups is 2. The van der Waals surface area contributed by atoms with Crippen LogP contribution in [0.15, 0.2) is 78.9 Å². The first-order valence-corrected chi connectivity index (χ1v) is 15.8. The molecule has 0 aliphatic rings. The first-order valence-electron chi connectivity index (χ1n) is 13.6. The Bertz CT molecular complexity index is 1380. The zero-order valence-electron chi connectivity index (χ0n) is 23.9. The van der Waals surface area contributed by atoms with Gasteiger partial charge in [0.25, 0.3) is 0 Å². The van der Waals surface area contributed by atoms with E-state index < -0.39 is 28.5 Å². The number of carbonyl (C=O) groups excluding carboxylic acids is 2. The summed E-state index contributed by atoms with van der Waals surface area (Å²) >= 11 is 6.05. The number of rotatable bonds is 14. The minimum absolute atomic E-state index is 0.0702. The number of ether oxygens (including phenoxy) is 1. The normalized spacial score (nSPS) is 12.7. The number of benzene rings is 3. The maximum absolute atomic E-state index is 13.8. The lowest BCUT2D eigenvalue weighted by molar-refractivity contribution is -0.140. The molecule has 0 aromatic heterocycles. The largest absolute Gasteiger partial charge is 0.489 e. The van der Waals surface area contributed by atoms with Crippen molar-refractivity contribution in [3.8, 4) is 5.75 Å². The van der Waals surface area contributed by atoms with E-state index in [9.17, 15) is 18.0 Å². The first-order chi connectivity index (χ1) is 19.5. The molecule has 0 aliphatic carbocycles. The van der Waals surface area contributed by atoms with Crippen molar-refractivity contribution in [2.75, 3.05) is 17.1 Å². The maximum Gasteiger partial charge on any atom is 0.244 e. The number of halogens is 1. The summed E-state index contributed by atoms with van der Waals surface area (Å²) in [7, 11) is -3.84. The standard InChI is InChI=1S/C31H38ClN3O5S/c1-5-23(3)33-31(37)29(6-2)34(20-24-12-14-26(32)15-13-24)30(36)21-35(41(4,38)39)27-16-18-28(19-17-27)40-22-25-10-8-7-9-11-25/h7-19,23,29H,5-6,20-22H2,1-4H3,(H,33,37)/t23-,29-/m1/s1. The van der Waals surface area contributed by atoms with E-state index in [1.807, 2.05) is 51.1 Å². The molecule has 0 fully saturated rings. The van der Waals surface area contributed by atoms with Crippen molar-refractivity contribution in [2.45, 2.75) is 58.8 Å². The topological polar surface area (TPSA) is 96.0 Å². The predicted molar refractivity (Wildman–Crippen MR) is 163 cm³/mol. The average molecular weight is 600 g/mol. The Morgan fingerprint density at radius 2 is 1.54 bits per heavy atom. The van der Waals surface area contributed by atoms with Gasteiger partial charge in [-0.3, -0.25) is 13.9 Å². The molecular weight excluding hydrogens is 562 g/mol.